The second kappa shape index (κ2) is 10.6. The van der Waals surface area contributed by atoms with E-state index in [0.29, 0.717) is 0 Å². The van der Waals surface area contributed by atoms with Gasteiger partial charge in [0, 0.05) is 18.2 Å². The summed E-state index contributed by atoms with van der Waals surface area (Å²) in [6, 6.07) is 0.997. The van der Waals surface area contributed by atoms with Gasteiger partial charge in [-0.1, -0.05) is 0 Å². The number of aromatic amines is 1. The molecule has 2 aliphatic rings. The summed E-state index contributed by atoms with van der Waals surface area (Å²) in [7, 11) is -4.48. The van der Waals surface area contributed by atoms with Crippen molar-refractivity contribution in [1.29, 1.82) is 0 Å². The Bertz CT molecular complexity index is 1610. The van der Waals surface area contributed by atoms with Gasteiger partial charge in [0.15, 0.2) is 23.9 Å². The number of hydrogen-bond acceptors (Lipinski definition) is 15. The second-order valence-corrected chi connectivity index (χ2v) is 11.1. The number of nitrogens with zero attached hydrogens (tertiary/aromatic N) is 5. The first-order valence-corrected chi connectivity index (χ1v) is 13.5. The molecule has 19 nitrogen and oxygen atoms in total. The number of fused-ring (bicyclic) bond motifs is 1. The molecular formula is C20H26N8O11S. The fourth-order valence-electron chi connectivity index (χ4n) is 4.82. The molecule has 20 heteroatoms. The monoisotopic (exact) mass is 586 g/mol. The van der Waals surface area contributed by atoms with Gasteiger partial charge in [0.2, 0.25) is 10.0 Å². The molecule has 0 spiro atoms. The zero-order chi connectivity index (χ0) is 28.9. The van der Waals surface area contributed by atoms with Crippen LogP contribution in [0.4, 0.5) is 5.82 Å². The van der Waals surface area contributed by atoms with Gasteiger partial charge in [-0.25, -0.2) is 28.2 Å². The molecule has 0 aliphatic carbocycles. The van der Waals surface area contributed by atoms with Gasteiger partial charge in [0.25, 0.3) is 5.56 Å². The average molecular weight is 587 g/mol. The Morgan fingerprint density at radius 2 is 1.80 bits per heavy atom. The number of nitrogens with two attached hydrogens (primary N) is 1. The Labute approximate surface area is 223 Å². The molecule has 2 fully saturated rings. The maximum atomic E-state index is 12.9. The van der Waals surface area contributed by atoms with Crippen molar-refractivity contribution in [2.75, 3.05) is 18.1 Å². The summed E-state index contributed by atoms with van der Waals surface area (Å²) in [5.74, 6) is -2.12. The van der Waals surface area contributed by atoms with Gasteiger partial charge in [-0.05, 0) is 0 Å². The van der Waals surface area contributed by atoms with Crippen LogP contribution >= 0.6 is 0 Å². The van der Waals surface area contributed by atoms with E-state index >= 15 is 0 Å². The molecule has 2 saturated heterocycles. The lowest BCUT2D eigenvalue weighted by atomic mass is 10.0. The van der Waals surface area contributed by atoms with Crippen LogP contribution < -0.4 is 21.7 Å². The van der Waals surface area contributed by atoms with Gasteiger partial charge in [-0.3, -0.25) is 18.9 Å². The molecule has 0 unspecified atom stereocenters. The fourth-order valence-corrected chi connectivity index (χ4v) is 6.34. The number of nitrogen functional groups attached to an aromatic ring is 1. The lowest BCUT2D eigenvalue weighted by Gasteiger charge is -2.24. The molecule has 9 N–H and O–H groups in total. The van der Waals surface area contributed by atoms with Crippen molar-refractivity contribution < 1.29 is 43.4 Å². The lowest BCUT2D eigenvalue weighted by molar-refractivity contribution is -0.0865. The molecule has 3 aromatic rings. The number of aliphatic hydroxyl groups excluding tert-OH is 5. The van der Waals surface area contributed by atoms with Gasteiger partial charge in [0.05, 0.1) is 24.8 Å². The van der Waals surface area contributed by atoms with Crippen LogP contribution in [-0.4, -0.2) is 112 Å². The van der Waals surface area contributed by atoms with E-state index in [0.717, 1.165) is 23.2 Å². The Balaban J connectivity index is 1.30. The molecule has 218 valence electrons. The molecule has 0 saturated carbocycles. The Hall–Kier alpha value is -3.34. The zero-order valence-corrected chi connectivity index (χ0v) is 21.1. The number of rotatable bonds is 8. The van der Waals surface area contributed by atoms with Crippen LogP contribution in [0.25, 0.3) is 11.2 Å². The average Bonchev–Trinajstić information content (AvgIpc) is 3.54. The normalized spacial score (nSPS) is 31.6. The number of ether oxygens (including phenoxy) is 2. The van der Waals surface area contributed by atoms with E-state index < -0.39 is 88.8 Å². The molecule has 9 atom stereocenters. The van der Waals surface area contributed by atoms with E-state index in [9.17, 15) is 43.5 Å². The zero-order valence-electron chi connectivity index (χ0n) is 20.3. The Morgan fingerprint density at radius 3 is 2.50 bits per heavy atom. The fraction of sp³-hybridized carbons (Fsp3) is 0.550. The molecule has 5 rings (SSSR count). The number of nitrogens with one attached hydrogen (secondary N) is 2. The van der Waals surface area contributed by atoms with E-state index in [4.69, 9.17) is 15.2 Å². The number of anilines is 1. The van der Waals surface area contributed by atoms with E-state index in [1.165, 1.54) is 10.9 Å². The number of sulfonamides is 1. The van der Waals surface area contributed by atoms with E-state index in [2.05, 4.69) is 15.0 Å². The Morgan fingerprint density at radius 1 is 1.07 bits per heavy atom. The second-order valence-electron chi connectivity index (χ2n) is 9.32. The highest BCUT2D eigenvalue weighted by Crippen LogP contribution is 2.35. The summed E-state index contributed by atoms with van der Waals surface area (Å²) in [6.07, 6.45) is -9.34. The van der Waals surface area contributed by atoms with Crippen molar-refractivity contribution in [3.8, 4) is 0 Å². The van der Waals surface area contributed by atoms with E-state index in [1.54, 1.807) is 0 Å². The SMILES string of the molecule is Nc1ncnc2c1ncn2[C@@H]1O[C@H]([C@@H](O)NS(=O)(=O)C[C@H]2[C@@H](O)[C@H](n3ccc(=O)[nH]c3=O)O[C@@H]2CO)[C@@H](O)[C@H]1O. The smallest absolute Gasteiger partial charge is 0.330 e. The Kier molecular flexibility index (Phi) is 7.45. The van der Waals surface area contributed by atoms with Crippen LogP contribution in [0.15, 0.2) is 34.5 Å². The van der Waals surface area contributed by atoms with Crippen molar-refractivity contribution in [2.24, 2.45) is 5.92 Å². The van der Waals surface area contributed by atoms with Crippen LogP contribution in [0, 0.1) is 5.92 Å². The van der Waals surface area contributed by atoms with Crippen molar-refractivity contribution in [2.45, 2.75) is 49.2 Å². The van der Waals surface area contributed by atoms with Crippen molar-refractivity contribution in [1.82, 2.24) is 33.8 Å². The van der Waals surface area contributed by atoms with Crippen LogP contribution in [-0.2, 0) is 19.5 Å². The summed E-state index contributed by atoms with van der Waals surface area (Å²) in [6.45, 7) is -0.723. The van der Waals surface area contributed by atoms with Crippen LogP contribution in [0.1, 0.15) is 12.5 Å². The number of imidazole rings is 1. The summed E-state index contributed by atoms with van der Waals surface area (Å²) < 4.78 is 41.0. The minimum atomic E-state index is -4.48. The molecule has 3 aromatic heterocycles. The van der Waals surface area contributed by atoms with E-state index in [-0.39, 0.29) is 17.0 Å². The summed E-state index contributed by atoms with van der Waals surface area (Å²) >= 11 is 0. The van der Waals surface area contributed by atoms with Crippen molar-refractivity contribution >= 4 is 27.0 Å². The molecule has 40 heavy (non-hydrogen) atoms. The van der Waals surface area contributed by atoms with Crippen LogP contribution in [0.3, 0.4) is 0 Å². The molecule has 0 bridgehead atoms. The largest absolute Gasteiger partial charge is 0.394 e. The minimum Gasteiger partial charge on any atom is -0.394 e. The molecule has 0 amide bonds. The van der Waals surface area contributed by atoms with Crippen LogP contribution in [0.2, 0.25) is 0 Å². The maximum absolute atomic E-state index is 12.9. The van der Waals surface area contributed by atoms with Gasteiger partial charge in [-0.15, -0.1) is 0 Å². The van der Waals surface area contributed by atoms with Gasteiger partial charge in [-0.2, -0.15) is 4.72 Å². The third-order valence-corrected chi connectivity index (χ3v) is 8.21. The highest BCUT2D eigenvalue weighted by atomic mass is 32.2. The number of aliphatic hydroxyl groups is 5. The number of hydrogen-bond donors (Lipinski definition) is 8. The van der Waals surface area contributed by atoms with Crippen LogP contribution in [0.5, 0.6) is 0 Å². The first kappa shape index (κ1) is 28.2. The topological polar surface area (TPSA) is 290 Å². The van der Waals surface area contributed by atoms with Gasteiger partial charge >= 0.3 is 5.69 Å². The summed E-state index contributed by atoms with van der Waals surface area (Å²) in [4.78, 5) is 37.3. The highest BCUT2D eigenvalue weighted by molar-refractivity contribution is 7.89. The third-order valence-electron chi connectivity index (χ3n) is 6.79. The molecule has 2 aliphatic heterocycles. The first-order chi connectivity index (χ1) is 18.9. The summed E-state index contributed by atoms with van der Waals surface area (Å²) in [5.41, 5.74) is 4.47. The third kappa shape index (κ3) is 5.00. The molecular weight excluding hydrogens is 560 g/mol. The number of H-pyrrole nitrogens is 1. The predicted molar refractivity (Wildman–Crippen MR) is 130 cm³/mol. The standard InChI is InChI=1S/C20H26N8O11S/c21-15-10-16(23-5-22-15)28(6-24-10)19-13(33)12(32)14(39-19)17(34)26-40(36,37)4-7-8(3-29)38-18(11(7)31)27-2-1-9(30)25-20(27)35/h1-2,5-8,11-14,17-19,26,29,31-34H,3-4H2,(H2,21,22,23)(H,25,30,35)/t7-,8-,11-,12+,13-,14+,17-,18-,19-/m1/s1. The van der Waals surface area contributed by atoms with Gasteiger partial charge < -0.3 is 40.7 Å². The minimum absolute atomic E-state index is 0.0491. The maximum Gasteiger partial charge on any atom is 0.330 e. The quantitative estimate of drug-likeness (QED) is 0.114. The molecule has 5 heterocycles. The first-order valence-electron chi connectivity index (χ1n) is 11.8. The number of aromatic nitrogens is 6. The lowest BCUT2D eigenvalue weighted by Crippen LogP contribution is -2.50. The molecule has 0 aromatic carbocycles. The molecule has 0 radical (unpaired) electrons. The van der Waals surface area contributed by atoms with Crippen molar-refractivity contribution in [3.05, 3.63) is 45.8 Å². The predicted octanol–water partition coefficient (Wildman–Crippen LogP) is -5.32. The van der Waals surface area contributed by atoms with E-state index in [1.807, 2.05) is 9.71 Å². The van der Waals surface area contributed by atoms with Crippen molar-refractivity contribution in [3.63, 3.8) is 0 Å². The summed E-state index contributed by atoms with van der Waals surface area (Å²) in [5, 5.41) is 52.2. The highest BCUT2D eigenvalue weighted by Gasteiger charge is 2.50. The van der Waals surface area contributed by atoms with Gasteiger partial charge in [0.1, 0.15) is 42.5 Å².